The largest absolute Gasteiger partial charge is 0.481 e. The number of hydrogen-bond donors (Lipinski definition) is 1. The first-order valence-electron chi connectivity index (χ1n) is 6.25. The van der Waals surface area contributed by atoms with Crippen LogP contribution in [0.4, 0.5) is 0 Å². The van der Waals surface area contributed by atoms with E-state index in [4.69, 9.17) is 4.74 Å². The van der Waals surface area contributed by atoms with Crippen LogP contribution in [0.5, 0.6) is 5.88 Å². The van der Waals surface area contributed by atoms with E-state index in [0.717, 1.165) is 11.1 Å². The molecule has 0 radical (unpaired) electrons. The van der Waals surface area contributed by atoms with Gasteiger partial charge in [0.05, 0.1) is 7.11 Å². The molecule has 0 amide bonds. The van der Waals surface area contributed by atoms with Crippen LogP contribution in [-0.4, -0.2) is 28.2 Å². The van der Waals surface area contributed by atoms with Gasteiger partial charge in [0.2, 0.25) is 5.88 Å². The van der Waals surface area contributed by atoms with Gasteiger partial charge in [-0.05, 0) is 18.9 Å². The van der Waals surface area contributed by atoms with E-state index in [1.165, 1.54) is 13.3 Å². The average molecular weight is 272 g/mol. The lowest BCUT2D eigenvalue weighted by Crippen LogP contribution is -2.17. The van der Waals surface area contributed by atoms with Gasteiger partial charge in [0.1, 0.15) is 11.7 Å². The number of carboxylic acids is 1. The van der Waals surface area contributed by atoms with Crippen molar-refractivity contribution in [1.82, 2.24) is 9.97 Å². The molecule has 2 aromatic rings. The summed E-state index contributed by atoms with van der Waals surface area (Å²) < 4.78 is 5.01. The zero-order valence-electron chi connectivity index (χ0n) is 11.4. The van der Waals surface area contributed by atoms with Crippen molar-refractivity contribution >= 4 is 5.97 Å². The molecule has 0 saturated heterocycles. The number of rotatable bonds is 5. The number of hydrogen-bond acceptors (Lipinski definition) is 4. The third-order valence-corrected chi connectivity index (χ3v) is 3.03. The first-order valence-corrected chi connectivity index (χ1v) is 6.25. The monoisotopic (exact) mass is 272 g/mol. The highest BCUT2D eigenvalue weighted by Crippen LogP contribution is 2.20. The zero-order chi connectivity index (χ0) is 14.5. The van der Waals surface area contributed by atoms with Crippen LogP contribution in [-0.2, 0) is 11.2 Å². The van der Waals surface area contributed by atoms with Gasteiger partial charge in [0, 0.05) is 12.3 Å². The lowest BCUT2D eigenvalue weighted by Gasteiger charge is -2.12. The molecule has 0 fully saturated rings. The van der Waals surface area contributed by atoms with Gasteiger partial charge in [-0.2, -0.15) is 4.98 Å². The van der Waals surface area contributed by atoms with Crippen molar-refractivity contribution < 1.29 is 14.6 Å². The minimum Gasteiger partial charge on any atom is -0.481 e. The SMILES string of the molecule is COc1ccnc(C(Cc2ccc(C)cc2)C(=O)O)n1. The molecule has 20 heavy (non-hydrogen) atoms. The predicted molar refractivity (Wildman–Crippen MR) is 73.8 cm³/mol. The number of ether oxygens (including phenoxy) is 1. The first kappa shape index (κ1) is 14.0. The molecule has 0 spiro atoms. The molecule has 1 heterocycles. The minimum absolute atomic E-state index is 0.262. The van der Waals surface area contributed by atoms with Crippen molar-refractivity contribution in [2.45, 2.75) is 19.3 Å². The first-order chi connectivity index (χ1) is 9.60. The minimum atomic E-state index is -0.946. The molecule has 2 rings (SSSR count). The summed E-state index contributed by atoms with van der Waals surface area (Å²) in [4.78, 5) is 19.6. The van der Waals surface area contributed by atoms with Crippen LogP contribution in [0.2, 0.25) is 0 Å². The Kier molecular flexibility index (Phi) is 4.30. The Hall–Kier alpha value is -2.43. The summed E-state index contributed by atoms with van der Waals surface area (Å²) in [5.74, 6) is -1.10. The fraction of sp³-hybridized carbons (Fsp3) is 0.267. The number of aromatic nitrogens is 2. The van der Waals surface area contributed by atoms with Crippen molar-refractivity contribution in [1.29, 1.82) is 0 Å². The van der Waals surface area contributed by atoms with Gasteiger partial charge in [-0.15, -0.1) is 0 Å². The summed E-state index contributed by atoms with van der Waals surface area (Å²) in [6, 6.07) is 9.35. The van der Waals surface area contributed by atoms with Crippen LogP contribution in [0, 0.1) is 6.92 Å². The summed E-state index contributed by atoms with van der Waals surface area (Å²) in [5, 5.41) is 9.39. The molecule has 0 saturated carbocycles. The van der Waals surface area contributed by atoms with Gasteiger partial charge in [-0.25, -0.2) is 4.98 Å². The van der Waals surface area contributed by atoms with E-state index in [1.807, 2.05) is 31.2 Å². The highest BCUT2D eigenvalue weighted by atomic mass is 16.5. The van der Waals surface area contributed by atoms with E-state index in [9.17, 15) is 9.90 Å². The lowest BCUT2D eigenvalue weighted by atomic mass is 9.98. The molecule has 0 aliphatic rings. The average Bonchev–Trinajstić information content (AvgIpc) is 2.46. The van der Waals surface area contributed by atoms with Crippen molar-refractivity contribution in [3.8, 4) is 5.88 Å². The van der Waals surface area contributed by atoms with Crippen LogP contribution in [0.25, 0.3) is 0 Å². The molecule has 1 aromatic carbocycles. The van der Waals surface area contributed by atoms with Crippen molar-refractivity contribution in [2.75, 3.05) is 7.11 Å². The molecule has 1 unspecified atom stereocenters. The predicted octanol–water partition coefficient (Wildman–Crippen LogP) is 2.20. The van der Waals surface area contributed by atoms with Crippen LogP contribution in [0.15, 0.2) is 36.5 Å². The highest BCUT2D eigenvalue weighted by Gasteiger charge is 2.23. The third-order valence-electron chi connectivity index (χ3n) is 3.03. The Labute approximate surface area is 117 Å². The molecule has 0 bridgehead atoms. The zero-order valence-corrected chi connectivity index (χ0v) is 11.4. The van der Waals surface area contributed by atoms with E-state index in [1.54, 1.807) is 6.07 Å². The summed E-state index contributed by atoms with van der Waals surface area (Å²) in [5.41, 5.74) is 2.08. The Morgan fingerprint density at radius 3 is 2.60 bits per heavy atom. The van der Waals surface area contributed by atoms with Crippen molar-refractivity contribution in [2.24, 2.45) is 0 Å². The molecule has 1 N–H and O–H groups in total. The molecule has 1 atom stereocenters. The fourth-order valence-electron chi connectivity index (χ4n) is 1.89. The summed E-state index contributed by atoms with van der Waals surface area (Å²) in [6.45, 7) is 1.99. The van der Waals surface area contributed by atoms with Crippen LogP contribution < -0.4 is 4.74 Å². The summed E-state index contributed by atoms with van der Waals surface area (Å²) >= 11 is 0. The van der Waals surface area contributed by atoms with Gasteiger partial charge in [-0.3, -0.25) is 4.79 Å². The fourth-order valence-corrected chi connectivity index (χ4v) is 1.89. The van der Waals surface area contributed by atoms with Crippen molar-refractivity contribution in [3.63, 3.8) is 0 Å². The van der Waals surface area contributed by atoms with Crippen molar-refractivity contribution in [3.05, 3.63) is 53.5 Å². The number of aryl methyl sites for hydroxylation is 1. The van der Waals surface area contributed by atoms with E-state index in [-0.39, 0.29) is 5.82 Å². The number of nitrogens with zero attached hydrogens (tertiary/aromatic N) is 2. The molecule has 1 aromatic heterocycles. The number of carbonyl (C=O) groups is 1. The van der Waals surface area contributed by atoms with Crippen LogP contribution in [0.3, 0.4) is 0 Å². The quantitative estimate of drug-likeness (QED) is 0.903. The molecular formula is C15H16N2O3. The van der Waals surface area contributed by atoms with Gasteiger partial charge < -0.3 is 9.84 Å². The van der Waals surface area contributed by atoms with Gasteiger partial charge in [-0.1, -0.05) is 29.8 Å². The third kappa shape index (κ3) is 3.32. The van der Waals surface area contributed by atoms with Crippen LogP contribution >= 0.6 is 0 Å². The summed E-state index contributed by atoms with van der Waals surface area (Å²) in [6.07, 6.45) is 1.86. The maximum Gasteiger partial charge on any atom is 0.314 e. The van der Waals surface area contributed by atoms with E-state index in [0.29, 0.717) is 12.3 Å². The Morgan fingerprint density at radius 2 is 2.00 bits per heavy atom. The molecule has 104 valence electrons. The van der Waals surface area contributed by atoms with E-state index >= 15 is 0 Å². The second-order valence-corrected chi connectivity index (χ2v) is 4.54. The smallest absolute Gasteiger partial charge is 0.314 e. The van der Waals surface area contributed by atoms with Gasteiger partial charge in [0.15, 0.2) is 0 Å². The highest BCUT2D eigenvalue weighted by molar-refractivity contribution is 5.75. The van der Waals surface area contributed by atoms with Gasteiger partial charge in [0.25, 0.3) is 0 Å². The van der Waals surface area contributed by atoms with E-state index in [2.05, 4.69) is 9.97 Å². The maximum absolute atomic E-state index is 11.5. The molecule has 0 aliphatic carbocycles. The maximum atomic E-state index is 11.5. The second-order valence-electron chi connectivity index (χ2n) is 4.54. The number of aliphatic carboxylic acids is 1. The molecular weight excluding hydrogens is 256 g/mol. The molecule has 0 aliphatic heterocycles. The van der Waals surface area contributed by atoms with Gasteiger partial charge >= 0.3 is 5.97 Å². The topological polar surface area (TPSA) is 72.3 Å². The second kappa shape index (κ2) is 6.14. The van der Waals surface area contributed by atoms with Crippen LogP contribution in [0.1, 0.15) is 22.9 Å². The standard InChI is InChI=1S/C15H16N2O3/c1-10-3-5-11(6-4-10)9-12(15(18)19)14-16-8-7-13(17-14)20-2/h3-8,12H,9H2,1-2H3,(H,18,19). The molecule has 5 heteroatoms. The normalized spacial score (nSPS) is 11.9. The Balaban J connectivity index is 2.26. The Morgan fingerprint density at radius 1 is 1.30 bits per heavy atom. The van der Waals surface area contributed by atoms with E-state index < -0.39 is 11.9 Å². The number of carboxylic acid groups (broad SMARTS) is 1. The Bertz CT molecular complexity index is 596. The lowest BCUT2D eigenvalue weighted by molar-refractivity contribution is -0.139. The number of methoxy groups -OCH3 is 1. The summed E-state index contributed by atoms with van der Waals surface area (Å²) in [7, 11) is 1.49. The number of benzene rings is 1. The molecule has 5 nitrogen and oxygen atoms in total.